The molecule has 0 aromatic carbocycles. The van der Waals surface area contributed by atoms with Crippen molar-refractivity contribution < 1.29 is 23.8 Å². The number of hydrogen-bond donors (Lipinski definition) is 0. The first-order chi connectivity index (χ1) is 8.76. The fourth-order valence-corrected chi connectivity index (χ4v) is 6.70. The zero-order chi connectivity index (χ0) is 14.6. The lowest BCUT2D eigenvalue weighted by atomic mass is 9.78. The fourth-order valence-electron chi connectivity index (χ4n) is 2.51. The van der Waals surface area contributed by atoms with Crippen LogP contribution in [0.15, 0.2) is 0 Å². The number of methoxy groups -OCH3 is 2. The number of ether oxygens (including phenoxy) is 3. The van der Waals surface area contributed by atoms with E-state index in [0.717, 1.165) is 0 Å². The molecular weight excluding hydrogens is 520 g/mol. The molecule has 6 atom stereocenters. The van der Waals surface area contributed by atoms with Crippen LogP contribution < -0.4 is 0 Å². The highest BCUT2D eigenvalue weighted by atomic mass is 79.9. The van der Waals surface area contributed by atoms with E-state index in [1.165, 1.54) is 14.2 Å². The molecule has 19 heavy (non-hydrogen) atoms. The van der Waals surface area contributed by atoms with E-state index < -0.39 is 32.8 Å². The molecule has 2 aliphatic rings. The summed E-state index contributed by atoms with van der Waals surface area (Å²) < 4.78 is 12.7. The molecule has 2 rings (SSSR count). The smallest absolute Gasteiger partial charge is 0.327 e. The van der Waals surface area contributed by atoms with Crippen molar-refractivity contribution in [1.82, 2.24) is 0 Å². The summed E-state index contributed by atoms with van der Waals surface area (Å²) in [6.07, 6.45) is -1.15. The second kappa shape index (κ2) is 5.23. The van der Waals surface area contributed by atoms with Crippen LogP contribution in [-0.4, -0.2) is 56.7 Å². The Hall–Kier alpha value is 0.820. The summed E-state index contributed by atoms with van der Waals surface area (Å²) in [6, 6.07) is 0. The summed E-state index contributed by atoms with van der Waals surface area (Å²) in [7, 11) is 2.52. The third-order valence-electron chi connectivity index (χ3n) is 3.45. The standard InChI is InChI=1S/C10H10Br4O5/c1-17-7(15)9(13)5-3(11)4(12)6(19-5)10(9,14)8(16)18-2/h3-6H,1-2H3/t3-,4-,5-,6+,9+,10-/m0/s1. The van der Waals surface area contributed by atoms with Gasteiger partial charge in [-0.25, -0.2) is 0 Å². The third kappa shape index (κ3) is 1.84. The lowest BCUT2D eigenvalue weighted by Crippen LogP contribution is -2.67. The summed E-state index contributed by atoms with van der Waals surface area (Å²) >= 11 is 13.7. The van der Waals surface area contributed by atoms with E-state index in [1.54, 1.807) is 0 Å². The Bertz CT molecular complexity index is 394. The van der Waals surface area contributed by atoms with Gasteiger partial charge in [0.1, 0.15) is 0 Å². The molecule has 9 heteroatoms. The van der Waals surface area contributed by atoms with E-state index in [1.807, 2.05) is 0 Å². The van der Waals surface area contributed by atoms with Crippen molar-refractivity contribution in [3.05, 3.63) is 0 Å². The lowest BCUT2D eigenvalue weighted by molar-refractivity contribution is -0.152. The van der Waals surface area contributed by atoms with Gasteiger partial charge in [0.05, 0.1) is 36.1 Å². The maximum atomic E-state index is 12.2. The molecule has 2 saturated heterocycles. The van der Waals surface area contributed by atoms with Crippen LogP contribution in [0.5, 0.6) is 0 Å². The Labute approximate surface area is 143 Å². The molecule has 0 aromatic rings. The molecular formula is C10H10Br4O5. The minimum absolute atomic E-state index is 0.147. The average molecular weight is 530 g/mol. The van der Waals surface area contributed by atoms with Crippen LogP contribution in [0.25, 0.3) is 0 Å². The Morgan fingerprint density at radius 3 is 1.53 bits per heavy atom. The lowest BCUT2D eigenvalue weighted by Gasteiger charge is -2.42. The molecule has 0 aromatic heterocycles. The molecule has 5 nitrogen and oxygen atoms in total. The largest absolute Gasteiger partial charge is 0.468 e. The summed E-state index contributed by atoms with van der Waals surface area (Å²) in [5.41, 5.74) is 0. The molecule has 0 radical (unpaired) electrons. The van der Waals surface area contributed by atoms with Crippen LogP contribution in [-0.2, 0) is 23.8 Å². The van der Waals surface area contributed by atoms with Gasteiger partial charge in [-0.15, -0.1) is 0 Å². The maximum Gasteiger partial charge on any atom is 0.327 e. The van der Waals surface area contributed by atoms with Crippen molar-refractivity contribution in [2.45, 2.75) is 30.5 Å². The number of carbonyl (C=O) groups excluding carboxylic acids is 2. The molecule has 2 bridgehead atoms. The molecule has 0 amide bonds. The second-order valence-electron chi connectivity index (χ2n) is 4.27. The van der Waals surface area contributed by atoms with Crippen molar-refractivity contribution in [3.63, 3.8) is 0 Å². The Morgan fingerprint density at radius 1 is 0.947 bits per heavy atom. The van der Waals surface area contributed by atoms with Gasteiger partial charge in [0.2, 0.25) is 0 Å². The average Bonchev–Trinajstić information content (AvgIpc) is 2.83. The van der Waals surface area contributed by atoms with E-state index in [9.17, 15) is 9.59 Å². The van der Waals surface area contributed by atoms with Crippen molar-refractivity contribution in [3.8, 4) is 0 Å². The van der Waals surface area contributed by atoms with E-state index in [4.69, 9.17) is 14.2 Å². The number of alkyl halides is 4. The summed E-state index contributed by atoms with van der Waals surface area (Å²) in [4.78, 5) is 24.1. The van der Waals surface area contributed by atoms with Gasteiger partial charge in [-0.2, -0.15) is 0 Å². The maximum absolute atomic E-state index is 12.2. The molecule has 0 spiro atoms. The molecule has 0 saturated carbocycles. The molecule has 0 unspecified atom stereocenters. The summed E-state index contributed by atoms with van der Waals surface area (Å²) in [6.45, 7) is 0. The topological polar surface area (TPSA) is 61.8 Å². The zero-order valence-corrected chi connectivity index (χ0v) is 16.2. The minimum Gasteiger partial charge on any atom is -0.468 e. The van der Waals surface area contributed by atoms with Crippen LogP contribution in [0.2, 0.25) is 0 Å². The molecule has 0 N–H and O–H groups in total. The van der Waals surface area contributed by atoms with E-state index in [0.29, 0.717) is 0 Å². The quantitative estimate of drug-likeness (QED) is 0.404. The molecule has 0 aliphatic carbocycles. The zero-order valence-electron chi connectivity index (χ0n) is 9.86. The van der Waals surface area contributed by atoms with E-state index >= 15 is 0 Å². The molecule has 108 valence electrons. The number of carbonyl (C=O) groups is 2. The normalized spacial score (nSPS) is 48.1. The summed E-state index contributed by atoms with van der Waals surface area (Å²) in [5, 5.41) is 0. The summed E-state index contributed by atoms with van der Waals surface area (Å²) in [5.74, 6) is -1.18. The van der Waals surface area contributed by atoms with Crippen LogP contribution in [0.3, 0.4) is 0 Å². The minimum atomic E-state index is -1.36. The highest BCUT2D eigenvalue weighted by Crippen LogP contribution is 2.61. The van der Waals surface area contributed by atoms with Gasteiger partial charge >= 0.3 is 11.9 Å². The predicted octanol–water partition coefficient (Wildman–Crippen LogP) is 1.91. The highest BCUT2D eigenvalue weighted by Gasteiger charge is 2.80. The van der Waals surface area contributed by atoms with Gasteiger partial charge < -0.3 is 14.2 Å². The first kappa shape index (κ1) is 16.2. The highest BCUT2D eigenvalue weighted by molar-refractivity contribution is 9.14. The van der Waals surface area contributed by atoms with Crippen molar-refractivity contribution in [1.29, 1.82) is 0 Å². The molecule has 2 heterocycles. The SMILES string of the molecule is COC(=O)[C@@]1(Br)[C@@H]2O[C@@H]([C@@H](Br)[C@@H]2Br)[C@@]1(Br)C(=O)OC. The van der Waals surface area contributed by atoms with Gasteiger partial charge in [0.25, 0.3) is 0 Å². The predicted molar refractivity (Wildman–Crippen MR) is 81.4 cm³/mol. The molecule has 2 aliphatic heterocycles. The van der Waals surface area contributed by atoms with Crippen molar-refractivity contribution in [2.75, 3.05) is 14.2 Å². The monoisotopic (exact) mass is 526 g/mol. The second-order valence-corrected chi connectivity index (χ2v) is 8.89. The first-order valence-corrected chi connectivity index (χ1v) is 8.66. The van der Waals surface area contributed by atoms with Gasteiger partial charge in [-0.05, 0) is 0 Å². The van der Waals surface area contributed by atoms with Crippen molar-refractivity contribution >= 4 is 75.7 Å². The Balaban J connectivity index is 2.56. The van der Waals surface area contributed by atoms with Gasteiger partial charge in [0.15, 0.2) is 8.65 Å². The first-order valence-electron chi connectivity index (χ1n) is 5.25. The number of esters is 2. The number of hydrogen-bond acceptors (Lipinski definition) is 5. The van der Waals surface area contributed by atoms with Crippen LogP contribution in [0, 0.1) is 0 Å². The van der Waals surface area contributed by atoms with Gasteiger partial charge in [-0.3, -0.25) is 9.59 Å². The van der Waals surface area contributed by atoms with Gasteiger partial charge in [-0.1, -0.05) is 63.7 Å². The Morgan fingerprint density at radius 2 is 1.26 bits per heavy atom. The van der Waals surface area contributed by atoms with E-state index in [2.05, 4.69) is 63.7 Å². The Kier molecular flexibility index (Phi) is 4.45. The van der Waals surface area contributed by atoms with Gasteiger partial charge in [0, 0.05) is 0 Å². The van der Waals surface area contributed by atoms with Crippen LogP contribution >= 0.6 is 63.7 Å². The fraction of sp³-hybridized carbons (Fsp3) is 0.800. The van der Waals surface area contributed by atoms with Crippen LogP contribution in [0.1, 0.15) is 0 Å². The third-order valence-corrected chi connectivity index (χ3v) is 9.60. The van der Waals surface area contributed by atoms with Crippen LogP contribution in [0.4, 0.5) is 0 Å². The number of halogens is 4. The van der Waals surface area contributed by atoms with E-state index in [-0.39, 0.29) is 9.65 Å². The molecule has 2 fully saturated rings. The number of rotatable bonds is 2. The van der Waals surface area contributed by atoms with Crippen molar-refractivity contribution in [2.24, 2.45) is 0 Å². The number of fused-ring (bicyclic) bond motifs is 2.